The molecule has 0 amide bonds. The van der Waals surface area contributed by atoms with Crippen molar-refractivity contribution in [1.82, 2.24) is 14.8 Å². The Hall–Kier alpha value is -2.82. The van der Waals surface area contributed by atoms with E-state index in [9.17, 15) is 4.79 Å². The van der Waals surface area contributed by atoms with Crippen LogP contribution in [0.4, 0.5) is 0 Å². The number of benzene rings is 1. The first-order chi connectivity index (χ1) is 10.2. The zero-order valence-electron chi connectivity index (χ0n) is 11.6. The van der Waals surface area contributed by atoms with E-state index in [-0.39, 0.29) is 5.56 Å². The third-order valence-corrected chi connectivity index (χ3v) is 3.23. The van der Waals surface area contributed by atoms with Crippen LogP contribution >= 0.6 is 0 Å². The zero-order chi connectivity index (χ0) is 14.7. The molecule has 0 bridgehead atoms. The maximum atomic E-state index is 11.0. The van der Waals surface area contributed by atoms with Gasteiger partial charge in [-0.15, -0.1) is 0 Å². The Morgan fingerprint density at radius 3 is 2.86 bits per heavy atom. The molecule has 3 rings (SSSR count). The van der Waals surface area contributed by atoms with Crippen LogP contribution in [0, 0.1) is 0 Å². The summed E-state index contributed by atoms with van der Waals surface area (Å²) in [6, 6.07) is 13.2. The van der Waals surface area contributed by atoms with Gasteiger partial charge in [-0.05, 0) is 35.4 Å². The standard InChI is InChI=1S/C16H15N3O2/c1-21-15-4-2-3-12(9-15)13-7-8-19(10-13)11-14-5-6-16(20)18-17-14/h2-10H,11H2,1H3,(H,18,20). The fourth-order valence-electron chi connectivity index (χ4n) is 2.16. The molecule has 0 aliphatic carbocycles. The van der Waals surface area contributed by atoms with Crippen LogP contribution in [0.5, 0.6) is 5.75 Å². The summed E-state index contributed by atoms with van der Waals surface area (Å²) in [4.78, 5) is 11.0. The van der Waals surface area contributed by atoms with Crippen molar-refractivity contribution in [1.29, 1.82) is 0 Å². The molecule has 21 heavy (non-hydrogen) atoms. The minimum atomic E-state index is -0.191. The highest BCUT2D eigenvalue weighted by molar-refractivity contribution is 5.64. The molecule has 0 saturated carbocycles. The van der Waals surface area contributed by atoms with Crippen LogP contribution in [0.25, 0.3) is 11.1 Å². The van der Waals surface area contributed by atoms with Crippen LogP contribution in [-0.4, -0.2) is 21.9 Å². The number of nitrogens with zero attached hydrogens (tertiary/aromatic N) is 2. The predicted molar refractivity (Wildman–Crippen MR) is 80.4 cm³/mol. The highest BCUT2D eigenvalue weighted by Gasteiger charge is 2.03. The number of H-pyrrole nitrogens is 1. The van der Waals surface area contributed by atoms with Crippen molar-refractivity contribution < 1.29 is 4.74 Å². The first-order valence-electron chi connectivity index (χ1n) is 6.59. The van der Waals surface area contributed by atoms with Crippen molar-refractivity contribution in [3.8, 4) is 16.9 Å². The normalized spacial score (nSPS) is 10.5. The molecule has 0 radical (unpaired) electrons. The second-order valence-corrected chi connectivity index (χ2v) is 4.72. The maximum Gasteiger partial charge on any atom is 0.264 e. The SMILES string of the molecule is COc1cccc(-c2ccn(Cc3ccc(=O)[nH]n3)c2)c1. The van der Waals surface area contributed by atoms with Gasteiger partial charge in [0.05, 0.1) is 19.3 Å². The number of hydrogen-bond acceptors (Lipinski definition) is 3. The summed E-state index contributed by atoms with van der Waals surface area (Å²) in [5, 5.41) is 6.44. The summed E-state index contributed by atoms with van der Waals surface area (Å²) in [5.41, 5.74) is 2.83. The van der Waals surface area contributed by atoms with E-state index >= 15 is 0 Å². The molecule has 0 unspecified atom stereocenters. The monoisotopic (exact) mass is 281 g/mol. The molecule has 5 heteroatoms. The molecule has 2 heterocycles. The Bertz CT molecular complexity index is 785. The van der Waals surface area contributed by atoms with Crippen molar-refractivity contribution in [2.24, 2.45) is 0 Å². The number of aromatic amines is 1. The minimum absolute atomic E-state index is 0.191. The summed E-state index contributed by atoms with van der Waals surface area (Å²) in [6.45, 7) is 0.612. The van der Waals surface area contributed by atoms with E-state index < -0.39 is 0 Å². The quantitative estimate of drug-likeness (QED) is 0.798. The highest BCUT2D eigenvalue weighted by Crippen LogP contribution is 2.24. The van der Waals surface area contributed by atoms with Crippen molar-refractivity contribution in [2.75, 3.05) is 7.11 Å². The average molecular weight is 281 g/mol. The molecule has 3 aromatic rings. The van der Waals surface area contributed by atoms with E-state index in [2.05, 4.69) is 10.2 Å². The van der Waals surface area contributed by atoms with Gasteiger partial charge in [-0.3, -0.25) is 4.79 Å². The van der Waals surface area contributed by atoms with E-state index in [1.165, 1.54) is 6.07 Å². The van der Waals surface area contributed by atoms with E-state index in [0.29, 0.717) is 6.54 Å². The van der Waals surface area contributed by atoms with E-state index in [1.54, 1.807) is 13.2 Å². The minimum Gasteiger partial charge on any atom is -0.497 e. The number of rotatable bonds is 4. The molecule has 1 N–H and O–H groups in total. The van der Waals surface area contributed by atoms with Crippen LogP contribution in [0.1, 0.15) is 5.69 Å². The van der Waals surface area contributed by atoms with Crippen LogP contribution in [0.15, 0.2) is 59.7 Å². The number of aromatic nitrogens is 3. The Morgan fingerprint density at radius 1 is 1.19 bits per heavy atom. The van der Waals surface area contributed by atoms with Crippen LogP contribution in [0.3, 0.4) is 0 Å². The van der Waals surface area contributed by atoms with Crippen LogP contribution < -0.4 is 10.3 Å². The Morgan fingerprint density at radius 2 is 2.10 bits per heavy atom. The number of hydrogen-bond donors (Lipinski definition) is 1. The summed E-state index contributed by atoms with van der Waals surface area (Å²) >= 11 is 0. The van der Waals surface area contributed by atoms with E-state index in [0.717, 1.165) is 22.6 Å². The first kappa shape index (κ1) is 13.2. The summed E-state index contributed by atoms with van der Waals surface area (Å²) < 4.78 is 7.26. The molecule has 106 valence electrons. The second-order valence-electron chi connectivity index (χ2n) is 4.72. The van der Waals surface area contributed by atoms with Crippen molar-refractivity contribution in [2.45, 2.75) is 6.54 Å². The number of methoxy groups -OCH3 is 1. The summed E-state index contributed by atoms with van der Waals surface area (Å²) in [6.07, 6.45) is 4.03. The molecule has 1 aromatic carbocycles. The first-order valence-corrected chi connectivity index (χ1v) is 6.59. The molecular weight excluding hydrogens is 266 g/mol. The van der Waals surface area contributed by atoms with Crippen molar-refractivity contribution in [3.63, 3.8) is 0 Å². The molecule has 0 fully saturated rings. The molecule has 2 aromatic heterocycles. The Balaban J connectivity index is 1.82. The highest BCUT2D eigenvalue weighted by atomic mass is 16.5. The van der Waals surface area contributed by atoms with Gasteiger partial charge in [-0.2, -0.15) is 5.10 Å². The number of ether oxygens (including phenoxy) is 1. The van der Waals surface area contributed by atoms with Crippen LogP contribution in [0.2, 0.25) is 0 Å². The Kier molecular flexibility index (Phi) is 3.55. The lowest BCUT2D eigenvalue weighted by Gasteiger charge is -2.03. The van der Waals surface area contributed by atoms with E-state index in [4.69, 9.17) is 4.74 Å². The average Bonchev–Trinajstić information content (AvgIpc) is 2.98. The fourth-order valence-corrected chi connectivity index (χ4v) is 2.16. The molecule has 0 atom stereocenters. The molecular formula is C16H15N3O2. The smallest absolute Gasteiger partial charge is 0.264 e. The van der Waals surface area contributed by atoms with Gasteiger partial charge < -0.3 is 9.30 Å². The van der Waals surface area contributed by atoms with Gasteiger partial charge in [-0.25, -0.2) is 5.10 Å². The molecule has 5 nitrogen and oxygen atoms in total. The lowest BCUT2D eigenvalue weighted by atomic mass is 10.1. The fraction of sp³-hybridized carbons (Fsp3) is 0.125. The van der Waals surface area contributed by atoms with Gasteiger partial charge in [0.25, 0.3) is 5.56 Å². The van der Waals surface area contributed by atoms with Crippen LogP contribution in [-0.2, 0) is 6.54 Å². The van der Waals surface area contributed by atoms with Gasteiger partial charge in [0.1, 0.15) is 5.75 Å². The third kappa shape index (κ3) is 3.02. The number of nitrogens with one attached hydrogen (secondary N) is 1. The lowest BCUT2D eigenvalue weighted by Crippen LogP contribution is -2.09. The molecule has 0 aliphatic rings. The lowest BCUT2D eigenvalue weighted by molar-refractivity contribution is 0.415. The van der Waals surface area contributed by atoms with E-state index in [1.807, 2.05) is 47.3 Å². The second kappa shape index (κ2) is 5.66. The third-order valence-electron chi connectivity index (χ3n) is 3.23. The van der Waals surface area contributed by atoms with Gasteiger partial charge in [0.15, 0.2) is 0 Å². The molecule has 0 aliphatic heterocycles. The van der Waals surface area contributed by atoms with Gasteiger partial charge in [0.2, 0.25) is 0 Å². The predicted octanol–water partition coefficient (Wildman–Crippen LogP) is 2.30. The topological polar surface area (TPSA) is 59.9 Å². The van der Waals surface area contributed by atoms with Gasteiger partial charge >= 0.3 is 0 Å². The maximum absolute atomic E-state index is 11.0. The Labute approximate surface area is 121 Å². The largest absolute Gasteiger partial charge is 0.497 e. The van der Waals surface area contributed by atoms with Gasteiger partial charge in [-0.1, -0.05) is 12.1 Å². The van der Waals surface area contributed by atoms with Gasteiger partial charge in [0, 0.05) is 18.5 Å². The van der Waals surface area contributed by atoms with Crippen molar-refractivity contribution >= 4 is 0 Å². The molecule has 0 spiro atoms. The summed E-state index contributed by atoms with van der Waals surface area (Å²) in [7, 11) is 1.66. The zero-order valence-corrected chi connectivity index (χ0v) is 11.6. The summed E-state index contributed by atoms with van der Waals surface area (Å²) in [5.74, 6) is 0.836. The van der Waals surface area contributed by atoms with Crippen molar-refractivity contribution in [3.05, 3.63) is 70.9 Å². The molecule has 0 saturated heterocycles.